The molecule has 1 heterocycles. The van der Waals surface area contributed by atoms with Crippen molar-refractivity contribution >= 4 is 29.2 Å². The van der Waals surface area contributed by atoms with E-state index in [1.165, 1.54) is 23.2 Å². The molecule has 0 saturated carbocycles. The molecule has 2 aromatic rings. The second-order valence-corrected chi connectivity index (χ2v) is 9.23. The van der Waals surface area contributed by atoms with E-state index in [1.54, 1.807) is 36.4 Å². The lowest BCUT2D eigenvalue weighted by atomic mass is 9.70. The molecule has 3 atom stereocenters. The van der Waals surface area contributed by atoms with Crippen molar-refractivity contribution in [3.05, 3.63) is 88.8 Å². The normalized spacial score (nSPS) is 23.1. The fourth-order valence-corrected chi connectivity index (χ4v) is 4.83. The number of nitrogens with zero attached hydrogens (tertiary/aromatic N) is 1. The minimum atomic E-state index is -5.32. The van der Waals surface area contributed by atoms with Crippen molar-refractivity contribution in [1.82, 2.24) is 5.43 Å². The first-order chi connectivity index (χ1) is 19.1. The van der Waals surface area contributed by atoms with Crippen LogP contribution in [0.1, 0.15) is 26.3 Å². The third-order valence-electron chi connectivity index (χ3n) is 6.69. The smallest absolute Gasteiger partial charge is 0.418 e. The number of carbonyl (C=O) groups is 4. The van der Waals surface area contributed by atoms with Crippen LogP contribution in [-0.2, 0) is 30.5 Å². The number of ketones is 2. The van der Waals surface area contributed by atoms with E-state index in [9.17, 15) is 32.3 Å². The summed E-state index contributed by atoms with van der Waals surface area (Å²) >= 11 is 0. The molecule has 0 fully saturated rings. The van der Waals surface area contributed by atoms with Crippen LogP contribution in [0.5, 0.6) is 0 Å². The second kappa shape index (κ2) is 10.6. The quantitative estimate of drug-likeness (QED) is 0.428. The highest BCUT2D eigenvalue weighted by atomic mass is 19.4. The number of hydrazine groups is 1. The number of nitrogens with two attached hydrogens (primary N) is 1. The number of nitrogens with one attached hydrogen (secondary N) is 1. The van der Waals surface area contributed by atoms with Crippen molar-refractivity contribution in [3.63, 3.8) is 0 Å². The number of halogens is 3. The predicted molar refractivity (Wildman–Crippen MR) is 131 cm³/mol. The van der Waals surface area contributed by atoms with Gasteiger partial charge in [-0.1, -0.05) is 48.5 Å². The van der Waals surface area contributed by atoms with Crippen molar-refractivity contribution in [2.75, 3.05) is 18.2 Å². The first kappa shape index (κ1) is 27.1. The van der Waals surface area contributed by atoms with Gasteiger partial charge >= 0.3 is 18.1 Å². The van der Waals surface area contributed by atoms with Gasteiger partial charge in [0.15, 0.2) is 17.3 Å². The highest BCUT2D eigenvalue weighted by molar-refractivity contribution is 6.17. The van der Waals surface area contributed by atoms with E-state index < -0.39 is 53.3 Å². The Bertz CT molecular complexity index is 1450. The summed E-state index contributed by atoms with van der Waals surface area (Å²) in [7, 11) is 0. The summed E-state index contributed by atoms with van der Waals surface area (Å²) in [6.45, 7) is -0.270. The average molecular weight is 557 g/mol. The lowest BCUT2D eigenvalue weighted by molar-refractivity contribution is -0.272. The third-order valence-corrected chi connectivity index (χ3v) is 6.69. The lowest BCUT2D eigenvalue weighted by Gasteiger charge is -2.38. The minimum absolute atomic E-state index is 0.0161. The van der Waals surface area contributed by atoms with Crippen LogP contribution < -0.4 is 16.2 Å². The minimum Gasteiger partial charge on any atom is -0.418 e. The number of para-hydroxylation sites is 1. The van der Waals surface area contributed by atoms with Crippen LogP contribution in [0.4, 0.5) is 18.9 Å². The number of Topliss-reactive ketones (excluding diaryl/α,β-unsaturated/α-hetero) is 2. The monoisotopic (exact) mass is 557 g/mol. The fourth-order valence-electron chi connectivity index (χ4n) is 4.83. The Morgan fingerprint density at radius 2 is 1.70 bits per heavy atom. The standard InChI is InChI=1S/C27H22F3N3O7/c28-27(29,30)26(37)39-20-10-9-17-21(24(35)16-7-3-2-6-15(16)23(17)34)22(20)32-33-11-12-38-40-25(36)18(31)13-14-5-1-4-8-19(14)33/h1-10,17-18,21,32H,11-13,31H2. The molecule has 5 rings (SSSR count). The predicted octanol–water partition coefficient (Wildman–Crippen LogP) is 2.55. The van der Waals surface area contributed by atoms with Crippen LogP contribution in [0.25, 0.3) is 0 Å². The van der Waals surface area contributed by atoms with Crippen molar-refractivity contribution in [3.8, 4) is 0 Å². The van der Waals surface area contributed by atoms with Gasteiger partial charge in [-0.3, -0.25) is 24.9 Å². The summed E-state index contributed by atoms with van der Waals surface area (Å²) in [5, 5.41) is 1.44. The van der Waals surface area contributed by atoms with Gasteiger partial charge in [-0.2, -0.15) is 18.1 Å². The molecule has 208 valence electrons. The molecule has 0 amide bonds. The van der Waals surface area contributed by atoms with E-state index in [0.29, 0.717) is 11.3 Å². The summed E-state index contributed by atoms with van der Waals surface area (Å²) in [4.78, 5) is 60.6. The Morgan fingerprint density at radius 1 is 1.02 bits per heavy atom. The Morgan fingerprint density at radius 3 is 2.42 bits per heavy atom. The number of hydrogen-bond donors (Lipinski definition) is 2. The van der Waals surface area contributed by atoms with E-state index in [-0.39, 0.29) is 36.4 Å². The van der Waals surface area contributed by atoms with Crippen molar-refractivity contribution < 1.29 is 46.9 Å². The molecule has 3 unspecified atom stereocenters. The zero-order chi connectivity index (χ0) is 28.6. The van der Waals surface area contributed by atoms with Gasteiger partial charge in [0.2, 0.25) is 0 Å². The van der Waals surface area contributed by atoms with E-state index in [2.05, 4.69) is 5.43 Å². The Balaban J connectivity index is 1.61. The Labute approximate surface area is 225 Å². The number of fused-ring (bicyclic) bond motifs is 3. The first-order valence-electron chi connectivity index (χ1n) is 12.2. The number of alkyl halides is 3. The molecule has 2 aromatic carbocycles. The molecule has 0 aromatic heterocycles. The van der Waals surface area contributed by atoms with Crippen LogP contribution in [0.2, 0.25) is 0 Å². The van der Waals surface area contributed by atoms with Crippen LogP contribution in [0.15, 0.2) is 72.1 Å². The number of ether oxygens (including phenoxy) is 1. The van der Waals surface area contributed by atoms with Gasteiger partial charge in [0, 0.05) is 17.5 Å². The number of rotatable bonds is 3. The lowest BCUT2D eigenvalue weighted by Crippen LogP contribution is -2.49. The van der Waals surface area contributed by atoms with Gasteiger partial charge in [0.25, 0.3) is 0 Å². The van der Waals surface area contributed by atoms with Crippen LogP contribution >= 0.6 is 0 Å². The summed E-state index contributed by atoms with van der Waals surface area (Å²) in [5.41, 5.74) is 9.92. The molecular weight excluding hydrogens is 535 g/mol. The van der Waals surface area contributed by atoms with E-state index in [0.717, 1.165) is 6.08 Å². The van der Waals surface area contributed by atoms with Gasteiger partial charge in [-0.15, -0.1) is 0 Å². The molecule has 3 aliphatic rings. The number of allylic oxidation sites excluding steroid dienone is 3. The van der Waals surface area contributed by atoms with Crippen LogP contribution in [0.3, 0.4) is 0 Å². The highest BCUT2D eigenvalue weighted by Gasteiger charge is 2.47. The highest BCUT2D eigenvalue weighted by Crippen LogP contribution is 2.40. The second-order valence-electron chi connectivity index (χ2n) is 9.23. The van der Waals surface area contributed by atoms with Gasteiger partial charge < -0.3 is 10.5 Å². The van der Waals surface area contributed by atoms with Crippen LogP contribution in [-0.4, -0.2) is 48.9 Å². The molecule has 0 spiro atoms. The number of hydrogen-bond acceptors (Lipinski definition) is 10. The number of benzene rings is 2. The Kier molecular flexibility index (Phi) is 7.17. The molecular formula is C27H22F3N3O7. The maximum Gasteiger partial charge on any atom is 0.491 e. The number of esters is 1. The van der Waals surface area contributed by atoms with Gasteiger partial charge in [0.1, 0.15) is 12.6 Å². The fraction of sp³-hybridized carbons (Fsp3) is 0.259. The molecule has 2 aliphatic carbocycles. The zero-order valence-electron chi connectivity index (χ0n) is 20.6. The van der Waals surface area contributed by atoms with Gasteiger partial charge in [0.05, 0.1) is 29.8 Å². The van der Waals surface area contributed by atoms with Crippen molar-refractivity contribution in [2.24, 2.45) is 17.6 Å². The molecule has 0 radical (unpaired) electrons. The molecule has 13 heteroatoms. The largest absolute Gasteiger partial charge is 0.491 e. The average Bonchev–Trinajstić information content (AvgIpc) is 2.93. The molecule has 40 heavy (non-hydrogen) atoms. The zero-order valence-corrected chi connectivity index (χ0v) is 20.6. The van der Waals surface area contributed by atoms with E-state index in [1.807, 2.05) is 0 Å². The van der Waals surface area contributed by atoms with E-state index >= 15 is 0 Å². The summed E-state index contributed by atoms with van der Waals surface area (Å²) in [6, 6.07) is 11.8. The van der Waals surface area contributed by atoms with Gasteiger partial charge in [-0.25, -0.2) is 9.59 Å². The summed E-state index contributed by atoms with van der Waals surface area (Å²) in [5.74, 6) is -7.23. The number of anilines is 1. The summed E-state index contributed by atoms with van der Waals surface area (Å²) in [6.07, 6.45) is -2.99. The maximum atomic E-state index is 13.7. The topological polar surface area (TPSA) is 137 Å². The maximum absolute atomic E-state index is 13.7. The van der Waals surface area contributed by atoms with E-state index in [4.69, 9.17) is 20.2 Å². The SMILES string of the molecule is NC1Cc2ccccc2N(NC2=C(OC(=O)C(F)(F)F)C=CC3C(=O)c4ccccc4C(=O)C23)CCOOC1=O. The number of carbonyl (C=O) groups excluding carboxylic acids is 4. The molecule has 0 saturated heterocycles. The summed E-state index contributed by atoms with van der Waals surface area (Å²) < 4.78 is 44.2. The molecule has 1 aliphatic heterocycles. The van der Waals surface area contributed by atoms with Crippen molar-refractivity contribution in [2.45, 2.75) is 18.6 Å². The molecule has 3 N–H and O–H groups in total. The third kappa shape index (κ3) is 5.08. The first-order valence-corrected chi connectivity index (χ1v) is 12.2. The molecule has 10 nitrogen and oxygen atoms in total. The van der Waals surface area contributed by atoms with Crippen molar-refractivity contribution in [1.29, 1.82) is 0 Å². The molecule has 0 bridgehead atoms. The van der Waals surface area contributed by atoms with Gasteiger partial charge in [-0.05, 0) is 17.7 Å². The van der Waals surface area contributed by atoms with Crippen LogP contribution in [0, 0.1) is 11.8 Å². The Hall–Kier alpha value is -4.49.